The Labute approximate surface area is 95.4 Å². The van der Waals surface area contributed by atoms with Crippen molar-refractivity contribution in [3.05, 3.63) is 47.6 Å². The van der Waals surface area contributed by atoms with Gasteiger partial charge in [0, 0.05) is 0 Å². The third-order valence-electron chi connectivity index (χ3n) is 2.06. The highest BCUT2D eigenvalue weighted by molar-refractivity contribution is 5.85. The molecule has 0 atom stereocenters. The zero-order valence-electron chi connectivity index (χ0n) is 8.59. The highest BCUT2D eigenvalue weighted by Gasteiger charge is 2.16. The number of hydrogen-bond acceptors (Lipinski definition) is 4. The van der Waals surface area contributed by atoms with E-state index in [-0.39, 0.29) is 23.7 Å². The van der Waals surface area contributed by atoms with Crippen LogP contribution in [0.1, 0.15) is 16.1 Å². The molecule has 1 heterocycles. The van der Waals surface area contributed by atoms with Crippen molar-refractivity contribution in [3.8, 4) is 5.75 Å². The molecule has 0 aliphatic rings. The number of aromatic nitrogens is 1. The first-order valence-electron chi connectivity index (χ1n) is 4.72. The summed E-state index contributed by atoms with van der Waals surface area (Å²) in [6, 6.07) is 5.85. The Balaban J connectivity index is 2.10. The van der Waals surface area contributed by atoms with E-state index in [0.717, 1.165) is 0 Å². The van der Waals surface area contributed by atoms with Crippen LogP contribution in [0, 0.1) is 5.82 Å². The highest BCUT2D eigenvalue weighted by Crippen LogP contribution is 2.18. The van der Waals surface area contributed by atoms with E-state index in [2.05, 4.69) is 9.68 Å². The second-order valence-electron chi connectivity index (χ2n) is 3.20. The number of carbonyl (C=O) groups is 1. The van der Waals surface area contributed by atoms with Gasteiger partial charge in [-0.1, -0.05) is 17.3 Å². The van der Waals surface area contributed by atoms with Gasteiger partial charge >= 0.3 is 5.97 Å². The van der Waals surface area contributed by atoms with Crippen molar-refractivity contribution in [1.29, 1.82) is 0 Å². The SMILES string of the molecule is O=C(O)c1oncc1COc1ccccc1F. The van der Waals surface area contributed by atoms with E-state index in [9.17, 15) is 9.18 Å². The number of aromatic carboxylic acids is 1. The Morgan fingerprint density at radius 2 is 2.24 bits per heavy atom. The second-order valence-corrected chi connectivity index (χ2v) is 3.20. The quantitative estimate of drug-likeness (QED) is 0.881. The first-order chi connectivity index (χ1) is 8.18. The number of benzene rings is 1. The minimum Gasteiger partial charge on any atom is -0.486 e. The van der Waals surface area contributed by atoms with Crippen LogP contribution < -0.4 is 4.74 Å². The summed E-state index contributed by atoms with van der Waals surface area (Å²) >= 11 is 0. The largest absolute Gasteiger partial charge is 0.486 e. The maximum atomic E-state index is 13.2. The molecule has 0 bridgehead atoms. The molecule has 0 aliphatic carbocycles. The van der Waals surface area contributed by atoms with E-state index in [1.54, 1.807) is 6.07 Å². The molecule has 2 rings (SSSR count). The van der Waals surface area contributed by atoms with Gasteiger partial charge in [-0.3, -0.25) is 0 Å². The number of carboxylic acids is 1. The fourth-order valence-corrected chi connectivity index (χ4v) is 1.26. The number of hydrogen-bond donors (Lipinski definition) is 1. The van der Waals surface area contributed by atoms with Crippen LogP contribution in [0.3, 0.4) is 0 Å². The molecular formula is C11H8FNO4. The average Bonchev–Trinajstić information content (AvgIpc) is 2.76. The molecule has 0 saturated heterocycles. The Morgan fingerprint density at radius 3 is 2.94 bits per heavy atom. The third kappa shape index (κ3) is 2.41. The van der Waals surface area contributed by atoms with Gasteiger partial charge in [0.2, 0.25) is 0 Å². The predicted molar refractivity (Wildman–Crippen MR) is 54.2 cm³/mol. The Morgan fingerprint density at radius 1 is 1.47 bits per heavy atom. The molecule has 5 nitrogen and oxygen atoms in total. The molecular weight excluding hydrogens is 229 g/mol. The molecule has 0 saturated carbocycles. The summed E-state index contributed by atoms with van der Waals surface area (Å²) in [6.45, 7) is -0.119. The number of rotatable bonds is 4. The molecule has 0 amide bonds. The minimum atomic E-state index is -1.24. The van der Waals surface area contributed by atoms with Crippen molar-refractivity contribution in [2.24, 2.45) is 0 Å². The number of ether oxygens (including phenoxy) is 1. The molecule has 1 aromatic heterocycles. The number of para-hydroxylation sites is 1. The summed E-state index contributed by atoms with van der Waals surface area (Å²) in [5.74, 6) is -2.01. The van der Waals surface area contributed by atoms with E-state index >= 15 is 0 Å². The van der Waals surface area contributed by atoms with Gasteiger partial charge < -0.3 is 14.4 Å². The maximum absolute atomic E-state index is 13.2. The molecule has 0 unspecified atom stereocenters. The molecule has 0 fully saturated rings. The molecule has 0 radical (unpaired) electrons. The molecule has 88 valence electrons. The topological polar surface area (TPSA) is 72.6 Å². The van der Waals surface area contributed by atoms with Gasteiger partial charge in [-0.25, -0.2) is 9.18 Å². The predicted octanol–water partition coefficient (Wildman–Crippen LogP) is 2.09. The summed E-state index contributed by atoms with van der Waals surface area (Å²) < 4.78 is 22.9. The third-order valence-corrected chi connectivity index (χ3v) is 2.06. The Kier molecular flexibility index (Phi) is 3.04. The molecule has 1 aromatic carbocycles. The van der Waals surface area contributed by atoms with Crippen LogP contribution in [0.25, 0.3) is 0 Å². The highest BCUT2D eigenvalue weighted by atomic mass is 19.1. The van der Waals surface area contributed by atoms with Crippen LogP contribution in [0.2, 0.25) is 0 Å². The monoisotopic (exact) mass is 237 g/mol. The molecule has 1 N–H and O–H groups in total. The molecule has 0 aliphatic heterocycles. The van der Waals surface area contributed by atoms with Gasteiger partial charge in [0.05, 0.1) is 11.8 Å². The fraction of sp³-hybridized carbons (Fsp3) is 0.0909. The number of carboxylic acid groups (broad SMARTS) is 1. The standard InChI is InChI=1S/C11H8FNO4/c12-8-3-1-2-4-9(8)16-6-7-5-13-17-10(7)11(14)15/h1-5H,6H2,(H,14,15). The lowest BCUT2D eigenvalue weighted by atomic mass is 10.3. The van der Waals surface area contributed by atoms with Crippen LogP contribution in [-0.2, 0) is 6.61 Å². The summed E-state index contributed by atoms with van der Waals surface area (Å²) in [5, 5.41) is 12.1. The van der Waals surface area contributed by atoms with Crippen molar-refractivity contribution in [3.63, 3.8) is 0 Å². The lowest BCUT2D eigenvalue weighted by Gasteiger charge is -2.05. The van der Waals surface area contributed by atoms with E-state index < -0.39 is 11.8 Å². The first kappa shape index (κ1) is 11.1. The zero-order chi connectivity index (χ0) is 12.3. The van der Waals surface area contributed by atoms with Gasteiger partial charge in [0.15, 0.2) is 11.6 Å². The van der Waals surface area contributed by atoms with Gasteiger partial charge in [-0.05, 0) is 12.1 Å². The van der Waals surface area contributed by atoms with Crippen molar-refractivity contribution >= 4 is 5.97 Å². The molecule has 6 heteroatoms. The van der Waals surface area contributed by atoms with E-state index in [4.69, 9.17) is 9.84 Å². The van der Waals surface area contributed by atoms with Gasteiger partial charge in [-0.2, -0.15) is 0 Å². The first-order valence-corrected chi connectivity index (χ1v) is 4.72. The van der Waals surface area contributed by atoms with Gasteiger partial charge in [0.25, 0.3) is 5.76 Å². The lowest BCUT2D eigenvalue weighted by molar-refractivity contribution is 0.0648. The van der Waals surface area contributed by atoms with Crippen molar-refractivity contribution in [1.82, 2.24) is 5.16 Å². The van der Waals surface area contributed by atoms with Crippen LogP contribution in [-0.4, -0.2) is 16.2 Å². The number of nitrogens with zero attached hydrogens (tertiary/aromatic N) is 1. The smallest absolute Gasteiger partial charge is 0.375 e. The normalized spacial score (nSPS) is 10.2. The van der Waals surface area contributed by atoms with Crippen LogP contribution in [0.4, 0.5) is 4.39 Å². The van der Waals surface area contributed by atoms with Crippen LogP contribution >= 0.6 is 0 Å². The minimum absolute atomic E-state index is 0.0463. The van der Waals surface area contributed by atoms with Gasteiger partial charge in [0.1, 0.15) is 6.61 Å². The molecule has 2 aromatic rings. The van der Waals surface area contributed by atoms with E-state index in [1.807, 2.05) is 0 Å². The molecule has 17 heavy (non-hydrogen) atoms. The second kappa shape index (κ2) is 4.65. The lowest BCUT2D eigenvalue weighted by Crippen LogP contribution is -2.03. The maximum Gasteiger partial charge on any atom is 0.375 e. The van der Waals surface area contributed by atoms with Gasteiger partial charge in [-0.15, -0.1) is 0 Å². The van der Waals surface area contributed by atoms with Crippen molar-refractivity contribution in [2.45, 2.75) is 6.61 Å². The van der Waals surface area contributed by atoms with Crippen LogP contribution in [0.5, 0.6) is 5.75 Å². The van der Waals surface area contributed by atoms with E-state index in [1.165, 1.54) is 24.4 Å². The van der Waals surface area contributed by atoms with Crippen LogP contribution in [0.15, 0.2) is 35.0 Å². The average molecular weight is 237 g/mol. The summed E-state index contributed by atoms with van der Waals surface area (Å²) in [6.07, 6.45) is 1.23. The zero-order valence-corrected chi connectivity index (χ0v) is 8.59. The Hall–Kier alpha value is -2.37. The Bertz CT molecular complexity index is 538. The molecule has 0 spiro atoms. The number of halogens is 1. The summed E-state index contributed by atoms with van der Waals surface area (Å²) in [7, 11) is 0. The summed E-state index contributed by atoms with van der Waals surface area (Å²) in [5.41, 5.74) is 0.251. The van der Waals surface area contributed by atoms with Crippen molar-refractivity contribution < 1.29 is 23.6 Å². The van der Waals surface area contributed by atoms with E-state index in [0.29, 0.717) is 0 Å². The fourth-order valence-electron chi connectivity index (χ4n) is 1.26. The summed E-state index contributed by atoms with van der Waals surface area (Å²) in [4.78, 5) is 10.7. The van der Waals surface area contributed by atoms with Crippen molar-refractivity contribution in [2.75, 3.05) is 0 Å².